The Morgan fingerprint density at radius 3 is 2.41 bits per heavy atom. The van der Waals surface area contributed by atoms with E-state index < -0.39 is 0 Å². The van der Waals surface area contributed by atoms with Gasteiger partial charge in [0.1, 0.15) is 10.0 Å². The van der Waals surface area contributed by atoms with Gasteiger partial charge in [-0.25, -0.2) is 4.98 Å². The zero-order valence-corrected chi connectivity index (χ0v) is 18.4. The molecule has 0 aliphatic heterocycles. The maximum absolute atomic E-state index is 13.2. The number of nitrogens with zero attached hydrogens (tertiary/aromatic N) is 5. The molecule has 0 aliphatic carbocycles. The molecule has 158 valence electrons. The third kappa shape index (κ3) is 3.76. The van der Waals surface area contributed by atoms with E-state index in [2.05, 4.69) is 20.6 Å². The van der Waals surface area contributed by atoms with Gasteiger partial charge in [0.05, 0.1) is 28.9 Å². The first-order chi connectivity index (χ1) is 15.6. The summed E-state index contributed by atoms with van der Waals surface area (Å²) >= 11 is 1.47. The van der Waals surface area contributed by atoms with Crippen LogP contribution in [0.5, 0.6) is 0 Å². The van der Waals surface area contributed by atoms with E-state index in [9.17, 15) is 4.79 Å². The number of rotatable bonds is 5. The molecule has 8 heteroatoms. The van der Waals surface area contributed by atoms with Crippen LogP contribution in [0.3, 0.4) is 0 Å². The number of carbonyl (C=O) groups excluding carboxylic acids is 1. The fourth-order valence-corrected chi connectivity index (χ4v) is 4.44. The van der Waals surface area contributed by atoms with Crippen molar-refractivity contribution in [2.45, 2.75) is 13.5 Å². The highest BCUT2D eigenvalue weighted by molar-refractivity contribution is 7.14. The Morgan fingerprint density at radius 1 is 1.00 bits per heavy atom. The van der Waals surface area contributed by atoms with Crippen LogP contribution in [-0.2, 0) is 13.6 Å². The lowest BCUT2D eigenvalue weighted by Gasteiger charge is -2.08. The summed E-state index contributed by atoms with van der Waals surface area (Å²) in [6.07, 6.45) is 0. The molecule has 5 aromatic rings. The van der Waals surface area contributed by atoms with Crippen LogP contribution >= 0.6 is 11.3 Å². The van der Waals surface area contributed by atoms with Crippen LogP contribution < -0.4 is 5.32 Å². The monoisotopic (exact) mass is 440 g/mol. The predicted molar refractivity (Wildman–Crippen MR) is 125 cm³/mol. The van der Waals surface area contributed by atoms with Crippen LogP contribution in [0.4, 0.5) is 0 Å². The summed E-state index contributed by atoms with van der Waals surface area (Å²) in [4.78, 5) is 18.0. The molecule has 0 saturated carbocycles. The largest absolute Gasteiger partial charge is 0.345 e. The van der Waals surface area contributed by atoms with Gasteiger partial charge in [-0.3, -0.25) is 9.48 Å². The lowest BCUT2D eigenvalue weighted by Crippen LogP contribution is -2.23. The number of hydrogen-bond donors (Lipinski definition) is 1. The summed E-state index contributed by atoms with van der Waals surface area (Å²) in [6.45, 7) is 2.19. The van der Waals surface area contributed by atoms with Crippen LogP contribution in [0.15, 0.2) is 66.7 Å². The molecular formula is C24H20N6OS. The van der Waals surface area contributed by atoms with Gasteiger partial charge in [0.2, 0.25) is 0 Å². The Kier molecular flexibility index (Phi) is 5.20. The molecule has 0 bridgehead atoms. The third-order valence-electron chi connectivity index (χ3n) is 5.17. The molecule has 1 amide bonds. The second kappa shape index (κ2) is 8.32. The Balaban J connectivity index is 1.45. The van der Waals surface area contributed by atoms with Crippen molar-refractivity contribution in [2.24, 2.45) is 7.05 Å². The minimum Gasteiger partial charge on any atom is -0.345 e. The Morgan fingerprint density at radius 2 is 1.69 bits per heavy atom. The van der Waals surface area contributed by atoms with E-state index in [0.717, 1.165) is 37.9 Å². The van der Waals surface area contributed by atoms with Crippen molar-refractivity contribution in [1.29, 1.82) is 0 Å². The number of amides is 1. The molecule has 0 radical (unpaired) electrons. The molecule has 1 N–H and O–H groups in total. The quantitative estimate of drug-likeness (QED) is 0.438. The molecule has 0 saturated heterocycles. The smallest absolute Gasteiger partial charge is 0.252 e. The van der Waals surface area contributed by atoms with Crippen molar-refractivity contribution in [3.05, 3.63) is 83.0 Å². The van der Waals surface area contributed by atoms with Crippen LogP contribution in [0.25, 0.3) is 32.9 Å². The van der Waals surface area contributed by atoms with E-state index in [-0.39, 0.29) is 5.91 Å². The SMILES string of the molecule is Cc1nn(C)c2nc(-c3ccccc3)cc(C(=O)NCc3nnc(-c4ccccc4)s3)c12. The van der Waals surface area contributed by atoms with Crippen molar-refractivity contribution in [3.8, 4) is 21.8 Å². The van der Waals surface area contributed by atoms with E-state index >= 15 is 0 Å². The maximum Gasteiger partial charge on any atom is 0.252 e. The number of fused-ring (bicyclic) bond motifs is 1. The number of aromatic nitrogens is 5. The van der Waals surface area contributed by atoms with Crippen molar-refractivity contribution in [1.82, 2.24) is 30.3 Å². The van der Waals surface area contributed by atoms with Gasteiger partial charge < -0.3 is 5.32 Å². The van der Waals surface area contributed by atoms with Crippen molar-refractivity contribution >= 4 is 28.3 Å². The topological polar surface area (TPSA) is 85.6 Å². The summed E-state index contributed by atoms with van der Waals surface area (Å²) in [7, 11) is 1.84. The molecule has 3 aromatic heterocycles. The van der Waals surface area contributed by atoms with Crippen LogP contribution in [0.1, 0.15) is 21.1 Å². The fourth-order valence-electron chi connectivity index (χ4n) is 3.65. The highest BCUT2D eigenvalue weighted by Gasteiger charge is 2.19. The van der Waals surface area contributed by atoms with Gasteiger partial charge >= 0.3 is 0 Å². The van der Waals surface area contributed by atoms with E-state index in [1.54, 1.807) is 4.68 Å². The number of hydrogen-bond acceptors (Lipinski definition) is 6. The molecule has 32 heavy (non-hydrogen) atoms. The number of nitrogens with one attached hydrogen (secondary N) is 1. The average molecular weight is 441 g/mol. The van der Waals surface area contributed by atoms with E-state index in [4.69, 9.17) is 4.98 Å². The van der Waals surface area contributed by atoms with Crippen molar-refractivity contribution < 1.29 is 4.79 Å². The molecule has 2 aromatic carbocycles. The van der Waals surface area contributed by atoms with E-state index in [1.807, 2.05) is 80.7 Å². The molecule has 0 unspecified atom stereocenters. The predicted octanol–water partition coefficient (Wildman–Crippen LogP) is 4.39. The maximum atomic E-state index is 13.2. The fraction of sp³-hybridized carbons (Fsp3) is 0.125. The summed E-state index contributed by atoms with van der Waals surface area (Å²) in [5, 5.41) is 18.3. The minimum absolute atomic E-state index is 0.192. The van der Waals surface area contributed by atoms with Crippen LogP contribution in [0, 0.1) is 6.92 Å². The van der Waals surface area contributed by atoms with Gasteiger partial charge in [-0.15, -0.1) is 10.2 Å². The zero-order valence-electron chi connectivity index (χ0n) is 17.6. The van der Waals surface area contributed by atoms with E-state index in [1.165, 1.54) is 11.3 Å². The second-order valence-electron chi connectivity index (χ2n) is 7.38. The molecule has 3 heterocycles. The summed E-state index contributed by atoms with van der Waals surface area (Å²) in [5.41, 5.74) is 4.68. The molecule has 0 atom stereocenters. The van der Waals surface area contributed by atoms with Crippen LogP contribution in [0.2, 0.25) is 0 Å². The molecule has 0 aliphatic rings. The summed E-state index contributed by atoms with van der Waals surface area (Å²) in [6, 6.07) is 21.5. The minimum atomic E-state index is -0.192. The van der Waals surface area contributed by atoms with Gasteiger partial charge in [-0.05, 0) is 13.0 Å². The first-order valence-electron chi connectivity index (χ1n) is 10.2. The first-order valence-corrected chi connectivity index (χ1v) is 11.0. The highest BCUT2D eigenvalue weighted by atomic mass is 32.1. The highest BCUT2D eigenvalue weighted by Crippen LogP contribution is 2.27. The Hall–Kier alpha value is -3.91. The number of pyridine rings is 1. The molecule has 0 spiro atoms. The normalized spacial score (nSPS) is 11.1. The van der Waals surface area contributed by atoms with Crippen molar-refractivity contribution in [3.63, 3.8) is 0 Å². The zero-order chi connectivity index (χ0) is 22.1. The average Bonchev–Trinajstić information content (AvgIpc) is 3.42. The molecule has 0 fully saturated rings. The third-order valence-corrected chi connectivity index (χ3v) is 6.14. The van der Waals surface area contributed by atoms with Gasteiger partial charge in [-0.1, -0.05) is 72.0 Å². The second-order valence-corrected chi connectivity index (χ2v) is 8.44. The Labute approximate surface area is 188 Å². The lowest BCUT2D eigenvalue weighted by atomic mass is 10.0. The van der Waals surface area contributed by atoms with Crippen LogP contribution in [-0.4, -0.2) is 30.9 Å². The molecule has 7 nitrogen and oxygen atoms in total. The lowest BCUT2D eigenvalue weighted by molar-refractivity contribution is 0.0952. The first kappa shape index (κ1) is 20.0. The van der Waals surface area contributed by atoms with Gasteiger partial charge in [0.15, 0.2) is 5.65 Å². The number of carbonyl (C=O) groups is 1. The number of benzene rings is 2. The standard InChI is InChI=1S/C24H20N6OS/c1-15-21-18(13-19(16-9-5-3-6-10-16)26-22(21)30(2)29-15)23(31)25-14-20-27-28-24(32-20)17-11-7-4-8-12-17/h3-13H,14H2,1-2H3,(H,25,31). The summed E-state index contributed by atoms with van der Waals surface area (Å²) < 4.78 is 1.71. The summed E-state index contributed by atoms with van der Waals surface area (Å²) in [5.74, 6) is -0.192. The molecular weight excluding hydrogens is 420 g/mol. The Bertz CT molecular complexity index is 1410. The van der Waals surface area contributed by atoms with E-state index in [0.29, 0.717) is 17.8 Å². The van der Waals surface area contributed by atoms with Gasteiger partial charge in [0, 0.05) is 18.2 Å². The van der Waals surface area contributed by atoms with Gasteiger partial charge in [-0.2, -0.15) is 5.10 Å². The van der Waals surface area contributed by atoms with Gasteiger partial charge in [0.25, 0.3) is 5.91 Å². The molecule has 5 rings (SSSR count). The van der Waals surface area contributed by atoms with Crippen molar-refractivity contribution in [2.75, 3.05) is 0 Å². The number of aryl methyl sites for hydroxylation is 2.